The second-order valence-electron chi connectivity index (χ2n) is 4.12. The van der Waals surface area contributed by atoms with E-state index in [9.17, 15) is 0 Å². The maximum Gasteiger partial charge on any atom is -0.00368 e. The molecule has 0 aromatic rings. The maximum absolute atomic E-state index is 3.82. The zero-order chi connectivity index (χ0) is 11.2. The maximum atomic E-state index is 3.82. The Hall–Kier alpha value is -0.0800. The van der Waals surface area contributed by atoms with Crippen LogP contribution in [0.1, 0.15) is 51.9 Å². The van der Waals surface area contributed by atoms with E-state index in [-0.39, 0.29) is 0 Å². The molecule has 0 unspecified atom stereocenters. The van der Waals surface area contributed by atoms with Gasteiger partial charge >= 0.3 is 0 Å². The molecule has 1 radical (unpaired) electrons. The fourth-order valence-electron chi connectivity index (χ4n) is 1.52. The Labute approximate surface area is 96.2 Å². The van der Waals surface area contributed by atoms with Crippen molar-refractivity contribution < 1.29 is 0 Å². The van der Waals surface area contributed by atoms with E-state index in [1.54, 1.807) is 0 Å². The summed E-state index contributed by atoms with van der Waals surface area (Å²) in [6, 6.07) is 0. The van der Waals surface area contributed by atoms with E-state index in [0.717, 1.165) is 26.1 Å². The molecule has 0 bridgehead atoms. The molecule has 0 saturated heterocycles. The highest BCUT2D eigenvalue weighted by atomic mass is 14.9. The lowest BCUT2D eigenvalue weighted by Crippen LogP contribution is -2.23. The van der Waals surface area contributed by atoms with Gasteiger partial charge in [0.05, 0.1) is 0 Å². The van der Waals surface area contributed by atoms with E-state index in [0.29, 0.717) is 0 Å². The lowest BCUT2D eigenvalue weighted by Gasteiger charge is -2.05. The smallest absolute Gasteiger partial charge is 0.00368 e. The van der Waals surface area contributed by atoms with Crippen LogP contribution in [0.2, 0.25) is 0 Å². The molecular formula is C13H29N2. The zero-order valence-electron chi connectivity index (χ0n) is 10.5. The van der Waals surface area contributed by atoms with Crippen LogP contribution in [-0.2, 0) is 0 Å². The molecule has 0 saturated carbocycles. The van der Waals surface area contributed by atoms with Gasteiger partial charge in [-0.3, -0.25) is 0 Å². The molecular weight excluding hydrogens is 184 g/mol. The van der Waals surface area contributed by atoms with Gasteiger partial charge in [0.25, 0.3) is 0 Å². The van der Waals surface area contributed by atoms with Crippen molar-refractivity contribution in [2.45, 2.75) is 51.9 Å². The van der Waals surface area contributed by atoms with Crippen LogP contribution in [0.5, 0.6) is 0 Å². The number of unbranched alkanes of at least 4 members (excludes halogenated alkanes) is 4. The van der Waals surface area contributed by atoms with Gasteiger partial charge in [-0.15, -0.1) is 0 Å². The number of nitrogens with one attached hydrogen (secondary N) is 2. The van der Waals surface area contributed by atoms with E-state index in [2.05, 4.69) is 24.5 Å². The molecule has 0 amide bonds. The summed E-state index contributed by atoms with van der Waals surface area (Å²) in [7, 11) is 0. The van der Waals surface area contributed by atoms with Crippen LogP contribution in [0, 0.1) is 6.92 Å². The van der Waals surface area contributed by atoms with E-state index < -0.39 is 0 Å². The predicted octanol–water partition coefficient (Wildman–Crippen LogP) is 2.75. The SMILES string of the molecule is [CH2]CCCNCCCNCCCCCC. The molecule has 2 heteroatoms. The van der Waals surface area contributed by atoms with Crippen molar-refractivity contribution >= 4 is 0 Å². The molecule has 0 spiro atoms. The van der Waals surface area contributed by atoms with Gasteiger partial charge in [0.2, 0.25) is 0 Å². The molecule has 0 aromatic carbocycles. The second kappa shape index (κ2) is 13.9. The van der Waals surface area contributed by atoms with Crippen LogP contribution in [0.15, 0.2) is 0 Å². The van der Waals surface area contributed by atoms with E-state index >= 15 is 0 Å². The van der Waals surface area contributed by atoms with Gasteiger partial charge in [-0.05, 0) is 45.4 Å². The van der Waals surface area contributed by atoms with Gasteiger partial charge in [-0.1, -0.05) is 39.5 Å². The van der Waals surface area contributed by atoms with Crippen LogP contribution < -0.4 is 10.6 Å². The van der Waals surface area contributed by atoms with Gasteiger partial charge in [0, 0.05) is 0 Å². The fraction of sp³-hybridized carbons (Fsp3) is 0.923. The van der Waals surface area contributed by atoms with Crippen molar-refractivity contribution in [3.63, 3.8) is 0 Å². The second-order valence-corrected chi connectivity index (χ2v) is 4.12. The molecule has 0 heterocycles. The monoisotopic (exact) mass is 213 g/mol. The molecule has 0 aliphatic heterocycles. The Morgan fingerprint density at radius 2 is 1.33 bits per heavy atom. The van der Waals surface area contributed by atoms with Crippen molar-refractivity contribution in [1.29, 1.82) is 0 Å². The summed E-state index contributed by atoms with van der Waals surface area (Å²) >= 11 is 0. The third kappa shape index (κ3) is 13.9. The Morgan fingerprint density at radius 1 is 0.733 bits per heavy atom. The van der Waals surface area contributed by atoms with Crippen molar-refractivity contribution in [2.24, 2.45) is 0 Å². The molecule has 15 heavy (non-hydrogen) atoms. The van der Waals surface area contributed by atoms with Crippen LogP contribution in [0.3, 0.4) is 0 Å². The highest BCUT2D eigenvalue weighted by molar-refractivity contribution is 4.53. The Morgan fingerprint density at radius 3 is 1.93 bits per heavy atom. The van der Waals surface area contributed by atoms with Crippen molar-refractivity contribution in [3.05, 3.63) is 6.92 Å². The Bertz CT molecular complexity index is 92.7. The largest absolute Gasteiger partial charge is 0.317 e. The van der Waals surface area contributed by atoms with E-state index in [4.69, 9.17) is 0 Å². The summed E-state index contributed by atoms with van der Waals surface area (Å²) in [6.07, 6.45) is 8.91. The first-order chi connectivity index (χ1) is 7.41. The van der Waals surface area contributed by atoms with Crippen molar-refractivity contribution in [2.75, 3.05) is 26.2 Å². The molecule has 0 atom stereocenters. The lowest BCUT2D eigenvalue weighted by atomic mass is 10.2. The predicted molar refractivity (Wildman–Crippen MR) is 69.1 cm³/mol. The summed E-state index contributed by atoms with van der Waals surface area (Å²) in [4.78, 5) is 0. The highest BCUT2D eigenvalue weighted by Crippen LogP contribution is 1.96. The average Bonchev–Trinajstić information content (AvgIpc) is 2.26. The normalized spacial score (nSPS) is 10.8. The van der Waals surface area contributed by atoms with Gasteiger partial charge < -0.3 is 10.6 Å². The number of hydrogen-bond acceptors (Lipinski definition) is 2. The average molecular weight is 213 g/mol. The first-order valence-electron chi connectivity index (χ1n) is 6.62. The highest BCUT2D eigenvalue weighted by Gasteiger charge is 1.89. The lowest BCUT2D eigenvalue weighted by molar-refractivity contribution is 0.561. The van der Waals surface area contributed by atoms with E-state index in [1.807, 2.05) is 0 Å². The summed E-state index contributed by atoms with van der Waals surface area (Å²) in [6.45, 7) is 10.7. The molecule has 2 N–H and O–H groups in total. The summed E-state index contributed by atoms with van der Waals surface area (Å²) < 4.78 is 0. The summed E-state index contributed by atoms with van der Waals surface area (Å²) in [5, 5.41) is 6.90. The van der Waals surface area contributed by atoms with Crippen LogP contribution in [0.4, 0.5) is 0 Å². The van der Waals surface area contributed by atoms with Crippen LogP contribution in [0.25, 0.3) is 0 Å². The topological polar surface area (TPSA) is 24.1 Å². The molecule has 0 aliphatic carbocycles. The van der Waals surface area contributed by atoms with Crippen molar-refractivity contribution in [1.82, 2.24) is 10.6 Å². The van der Waals surface area contributed by atoms with Crippen molar-refractivity contribution in [3.8, 4) is 0 Å². The standard InChI is InChI=1S/C13H29N2/c1-3-5-7-8-11-15-13-9-12-14-10-6-4-2/h14-15H,2-13H2,1H3. The quantitative estimate of drug-likeness (QED) is 0.487. The molecule has 0 fully saturated rings. The fourth-order valence-corrected chi connectivity index (χ4v) is 1.52. The van der Waals surface area contributed by atoms with Gasteiger partial charge in [-0.2, -0.15) is 0 Å². The molecule has 0 aromatic heterocycles. The van der Waals surface area contributed by atoms with Gasteiger partial charge in [-0.25, -0.2) is 0 Å². The minimum Gasteiger partial charge on any atom is -0.317 e. The molecule has 0 aliphatic rings. The Kier molecular flexibility index (Phi) is 13.8. The minimum absolute atomic E-state index is 1.04. The first kappa shape index (κ1) is 14.9. The van der Waals surface area contributed by atoms with Gasteiger partial charge in [0.15, 0.2) is 0 Å². The van der Waals surface area contributed by atoms with Crippen LogP contribution >= 0.6 is 0 Å². The minimum atomic E-state index is 1.04. The summed E-state index contributed by atoms with van der Waals surface area (Å²) in [5.74, 6) is 0. The summed E-state index contributed by atoms with van der Waals surface area (Å²) in [5.41, 5.74) is 0. The third-order valence-corrected chi connectivity index (χ3v) is 2.52. The van der Waals surface area contributed by atoms with E-state index in [1.165, 1.54) is 45.1 Å². The number of hydrogen-bond donors (Lipinski definition) is 2. The molecule has 91 valence electrons. The number of rotatable bonds is 12. The third-order valence-electron chi connectivity index (χ3n) is 2.52. The van der Waals surface area contributed by atoms with Crippen LogP contribution in [-0.4, -0.2) is 26.2 Å². The first-order valence-corrected chi connectivity index (χ1v) is 6.62. The Balaban J connectivity index is 2.81. The molecule has 0 rings (SSSR count). The zero-order valence-corrected chi connectivity index (χ0v) is 10.5. The molecule has 2 nitrogen and oxygen atoms in total. The van der Waals surface area contributed by atoms with Gasteiger partial charge in [0.1, 0.15) is 0 Å².